The molecule has 0 spiro atoms. The van der Waals surface area contributed by atoms with Crippen LogP contribution < -0.4 is 20.1 Å². The van der Waals surface area contributed by atoms with Crippen molar-refractivity contribution in [2.75, 3.05) is 58.9 Å². The molecule has 282 valence electrons. The third-order valence-electron chi connectivity index (χ3n) is 9.13. The molecule has 2 heterocycles. The van der Waals surface area contributed by atoms with E-state index in [1.165, 1.54) is 12.0 Å². The molecule has 1 aliphatic heterocycles. The minimum Gasteiger partial charge on any atom is -0.494 e. The smallest absolute Gasteiger partial charge is 0.260 e. The van der Waals surface area contributed by atoms with Gasteiger partial charge in [-0.2, -0.15) is 4.99 Å². The Bertz CT molecular complexity index is 1890. The van der Waals surface area contributed by atoms with E-state index in [0.29, 0.717) is 41.4 Å². The van der Waals surface area contributed by atoms with Crippen LogP contribution in [-0.2, 0) is 23.2 Å². The number of likely N-dealkylation sites (N-methyl/N-ethyl adjacent to an activating group) is 1. The third-order valence-corrected chi connectivity index (χ3v) is 9.13. The van der Waals surface area contributed by atoms with Crippen LogP contribution in [0.4, 0.5) is 11.4 Å². The molecule has 15 heteroatoms. The molecule has 0 atom stereocenters. The van der Waals surface area contributed by atoms with E-state index in [4.69, 9.17) is 20.2 Å². The number of hydrogen-bond acceptors (Lipinski definition) is 9. The highest BCUT2D eigenvalue weighted by atomic mass is 35.5. The van der Waals surface area contributed by atoms with E-state index in [-0.39, 0.29) is 66.7 Å². The largest absolute Gasteiger partial charge is 0.494 e. The zero-order valence-corrected chi connectivity index (χ0v) is 32.7. The summed E-state index contributed by atoms with van der Waals surface area (Å²) in [5.74, 6) is 1.34. The Morgan fingerprint density at radius 1 is 0.981 bits per heavy atom. The molecule has 52 heavy (non-hydrogen) atoms. The number of imidazole rings is 1. The average molecular weight is 777 g/mol. The second-order valence-corrected chi connectivity index (χ2v) is 12.4. The molecule has 0 radical (unpaired) electrons. The number of benzene rings is 3. The predicted molar refractivity (Wildman–Crippen MR) is 212 cm³/mol. The maximum absolute atomic E-state index is 14.1. The first-order valence-electron chi connectivity index (χ1n) is 16.6. The van der Waals surface area contributed by atoms with Crippen LogP contribution in [0.3, 0.4) is 0 Å². The predicted octanol–water partition coefficient (Wildman–Crippen LogP) is 6.24. The fourth-order valence-electron chi connectivity index (χ4n) is 6.24. The Morgan fingerprint density at radius 3 is 2.38 bits per heavy atom. The molecular weight excluding hydrogens is 729 g/mol. The molecule has 3 aromatic carbocycles. The number of hydrogen-bond donors (Lipinski definition) is 1. The number of nitrogens with two attached hydrogens (primary N) is 1. The number of piperazine rings is 1. The number of aryl methyl sites for hydroxylation is 2. The number of carbonyl (C=O) groups is 2. The van der Waals surface area contributed by atoms with E-state index >= 15 is 0 Å². The van der Waals surface area contributed by atoms with Crippen LogP contribution in [0.2, 0.25) is 0 Å². The molecule has 1 saturated heterocycles. The first-order valence-corrected chi connectivity index (χ1v) is 16.6. The number of amides is 2. The van der Waals surface area contributed by atoms with E-state index in [1.807, 2.05) is 59.8 Å². The average Bonchev–Trinajstić information content (AvgIpc) is 3.44. The number of isocyanates is 1. The minimum absolute atomic E-state index is 0. The highest BCUT2D eigenvalue weighted by Crippen LogP contribution is 2.43. The lowest BCUT2D eigenvalue weighted by Gasteiger charge is -2.32. The number of fused-ring (bicyclic) bond motifs is 1. The Balaban J connectivity index is 0.00000312. The molecule has 12 nitrogen and oxygen atoms in total. The van der Waals surface area contributed by atoms with Crippen LogP contribution in [0.1, 0.15) is 47.4 Å². The third kappa shape index (κ3) is 9.63. The van der Waals surface area contributed by atoms with Crippen molar-refractivity contribution >= 4 is 77.5 Å². The van der Waals surface area contributed by atoms with Gasteiger partial charge in [-0.3, -0.25) is 9.59 Å². The molecule has 0 unspecified atom stereocenters. The zero-order chi connectivity index (χ0) is 35.1. The van der Waals surface area contributed by atoms with Gasteiger partial charge in [0.1, 0.15) is 17.3 Å². The van der Waals surface area contributed by atoms with Gasteiger partial charge in [-0.25, -0.2) is 9.78 Å². The highest BCUT2D eigenvalue weighted by Gasteiger charge is 2.26. The lowest BCUT2D eigenvalue weighted by Crippen LogP contribution is -2.47. The van der Waals surface area contributed by atoms with Crippen LogP contribution in [0.15, 0.2) is 53.5 Å². The number of unbranched alkanes of at least 4 members (excludes halogenated alkanes) is 2. The van der Waals surface area contributed by atoms with Crippen molar-refractivity contribution in [3.63, 3.8) is 0 Å². The van der Waals surface area contributed by atoms with Crippen LogP contribution in [0, 0.1) is 6.92 Å². The molecule has 1 aliphatic rings. The van der Waals surface area contributed by atoms with Crippen molar-refractivity contribution in [3.8, 4) is 22.6 Å². The van der Waals surface area contributed by atoms with Crippen molar-refractivity contribution in [3.05, 3.63) is 65.5 Å². The van der Waals surface area contributed by atoms with E-state index in [0.717, 1.165) is 62.1 Å². The van der Waals surface area contributed by atoms with Gasteiger partial charge < -0.3 is 34.5 Å². The zero-order valence-electron chi connectivity index (χ0n) is 30.2. The van der Waals surface area contributed by atoms with E-state index in [1.54, 1.807) is 25.3 Å². The van der Waals surface area contributed by atoms with E-state index in [9.17, 15) is 14.4 Å². The fraction of sp³-hybridized carbons (Fsp3) is 0.405. The van der Waals surface area contributed by atoms with Gasteiger partial charge in [-0.05, 0) is 69.1 Å². The summed E-state index contributed by atoms with van der Waals surface area (Å²) >= 11 is 0. The second-order valence-electron chi connectivity index (χ2n) is 12.4. The van der Waals surface area contributed by atoms with E-state index in [2.05, 4.69) is 16.9 Å². The monoisotopic (exact) mass is 775 g/mol. The Morgan fingerprint density at radius 2 is 1.71 bits per heavy atom. The van der Waals surface area contributed by atoms with E-state index < -0.39 is 5.91 Å². The summed E-state index contributed by atoms with van der Waals surface area (Å²) in [6, 6.07) is 14.8. The first kappa shape index (κ1) is 44.0. The molecule has 4 aromatic rings. The number of aliphatic imine (C=N–C) groups is 1. The molecule has 1 aromatic heterocycles. The first-order chi connectivity index (χ1) is 23.7. The van der Waals surface area contributed by atoms with Gasteiger partial charge in [-0.1, -0.05) is 18.2 Å². The molecule has 2 amide bonds. The molecule has 2 N–H and O–H groups in total. The standard InChI is InChI=1S/C37H45N7O5.3ClH/c1-25-13-16-29(31(22-25)49-21-8-6-7-12-33(46)44-19-17-41(2)18-20-44)43(4)37(47)28-15-14-27(36(48-5)35(28)39-24-45)26-10-9-11-30-34(26)40-32(23-38)42(30)3;;;/h9-11,13-16,22H,6-8,12,17-21,23,38H2,1-5H3;3*1H. The summed E-state index contributed by atoms with van der Waals surface area (Å²) in [5.41, 5.74) is 10.7. The Hall–Kier alpha value is -4.16. The summed E-state index contributed by atoms with van der Waals surface area (Å²) in [6.45, 7) is 6.08. The topological polar surface area (TPSA) is 136 Å². The SMILES string of the molecule is COc1c(-c2cccc3c2nc(CN)n3C)ccc(C(=O)N(C)c2ccc(C)cc2OCCCCCC(=O)N2CCN(C)CC2)c1N=C=O.Cl.Cl.Cl. The summed E-state index contributed by atoms with van der Waals surface area (Å²) in [4.78, 5) is 52.7. The normalized spacial score (nSPS) is 12.5. The van der Waals surface area contributed by atoms with Gasteiger partial charge >= 0.3 is 0 Å². The number of ether oxygens (including phenoxy) is 2. The highest BCUT2D eigenvalue weighted by molar-refractivity contribution is 6.11. The van der Waals surface area contributed by atoms with Gasteiger partial charge in [-0.15, -0.1) is 37.2 Å². The maximum atomic E-state index is 14.1. The second kappa shape index (κ2) is 20.2. The van der Waals surface area contributed by atoms with Crippen molar-refractivity contribution < 1.29 is 23.9 Å². The van der Waals surface area contributed by atoms with Gasteiger partial charge in [0.25, 0.3) is 5.91 Å². The summed E-state index contributed by atoms with van der Waals surface area (Å²) < 4.78 is 13.9. The van der Waals surface area contributed by atoms with Crippen molar-refractivity contribution in [2.45, 2.75) is 39.2 Å². The van der Waals surface area contributed by atoms with Crippen LogP contribution in [-0.4, -0.2) is 91.2 Å². The molecule has 0 saturated carbocycles. The number of nitrogens with zero attached hydrogens (tertiary/aromatic N) is 6. The van der Waals surface area contributed by atoms with Crippen LogP contribution >= 0.6 is 37.2 Å². The van der Waals surface area contributed by atoms with Crippen molar-refractivity contribution in [1.82, 2.24) is 19.4 Å². The van der Waals surface area contributed by atoms with Crippen LogP contribution in [0.25, 0.3) is 22.2 Å². The lowest BCUT2D eigenvalue weighted by molar-refractivity contribution is -0.132. The fourth-order valence-corrected chi connectivity index (χ4v) is 6.24. The lowest BCUT2D eigenvalue weighted by atomic mass is 9.98. The summed E-state index contributed by atoms with van der Waals surface area (Å²) in [5, 5.41) is 0. The Kier molecular flexibility index (Phi) is 17.1. The van der Waals surface area contributed by atoms with Gasteiger partial charge in [0.05, 0.1) is 42.5 Å². The van der Waals surface area contributed by atoms with Crippen molar-refractivity contribution in [1.29, 1.82) is 0 Å². The molecular formula is C37H48Cl3N7O5. The van der Waals surface area contributed by atoms with Gasteiger partial charge in [0.15, 0.2) is 5.75 Å². The number of anilines is 1. The Labute approximate surface area is 323 Å². The maximum Gasteiger partial charge on any atom is 0.260 e. The van der Waals surface area contributed by atoms with Crippen LogP contribution in [0.5, 0.6) is 11.5 Å². The number of para-hydroxylation sites is 1. The minimum atomic E-state index is -0.406. The number of aromatic nitrogens is 2. The molecule has 5 rings (SSSR count). The number of rotatable bonds is 13. The van der Waals surface area contributed by atoms with Gasteiger partial charge in [0, 0.05) is 57.8 Å². The number of carbonyl (C=O) groups excluding carboxylic acids is 3. The molecule has 1 fully saturated rings. The number of methoxy groups -OCH3 is 1. The van der Waals surface area contributed by atoms with Gasteiger partial charge in [0.2, 0.25) is 12.0 Å². The molecule has 0 aliphatic carbocycles. The molecule has 0 bridgehead atoms. The quantitative estimate of drug-likeness (QED) is 0.0959. The summed E-state index contributed by atoms with van der Waals surface area (Å²) in [7, 11) is 7.10. The summed E-state index contributed by atoms with van der Waals surface area (Å²) in [6.07, 6.45) is 4.56. The number of halogens is 3. The van der Waals surface area contributed by atoms with Crippen molar-refractivity contribution in [2.24, 2.45) is 17.8 Å².